The van der Waals surface area contributed by atoms with Gasteiger partial charge >= 0.3 is 7.25 Å². The second-order valence-electron chi connectivity index (χ2n) is 2.00. The molecule has 0 aliphatic heterocycles. The van der Waals surface area contributed by atoms with Crippen LogP contribution in [0.1, 0.15) is 0 Å². The van der Waals surface area contributed by atoms with E-state index in [1.165, 1.54) is 0 Å². The molecule has 0 fully saturated rings. The van der Waals surface area contributed by atoms with Crippen LogP contribution >= 0.6 is 0 Å². The third-order valence-electron chi connectivity index (χ3n) is 0.949. The number of halogens is 4. The molecule has 1 heterocycles. The quantitative estimate of drug-likeness (QED) is 0.366. The summed E-state index contributed by atoms with van der Waals surface area (Å²) in [5, 5.41) is 0. The lowest BCUT2D eigenvalue weighted by atomic mass is 10.3. The molecule has 0 atom stereocenters. The molecule has 0 N–H and O–H groups in total. The second kappa shape index (κ2) is 5.34. The lowest BCUT2D eigenvalue weighted by Crippen LogP contribution is -2.22. The standard InChI is InChI=1S/C7H8N.BF4/c1-2-8-6-4-3-5-7-8;2-1(3,4)5/h2-7H,1H2;/q+1;-1. The van der Waals surface area contributed by atoms with Crippen molar-refractivity contribution >= 4 is 13.5 Å². The van der Waals surface area contributed by atoms with E-state index in [-0.39, 0.29) is 0 Å². The molecule has 72 valence electrons. The van der Waals surface area contributed by atoms with E-state index in [0.29, 0.717) is 0 Å². The van der Waals surface area contributed by atoms with E-state index in [1.54, 1.807) is 6.20 Å². The number of pyridine rings is 1. The molecule has 0 bridgehead atoms. The van der Waals surface area contributed by atoms with E-state index in [9.17, 15) is 17.3 Å². The van der Waals surface area contributed by atoms with Crippen LogP contribution in [0.3, 0.4) is 0 Å². The van der Waals surface area contributed by atoms with Gasteiger partial charge in [-0.2, -0.15) is 4.57 Å². The molecule has 13 heavy (non-hydrogen) atoms. The largest absolute Gasteiger partial charge is 0.673 e. The van der Waals surface area contributed by atoms with Gasteiger partial charge < -0.3 is 17.3 Å². The van der Waals surface area contributed by atoms with E-state index >= 15 is 0 Å². The molecule has 0 amide bonds. The molecular weight excluding hydrogens is 185 g/mol. The van der Waals surface area contributed by atoms with Crippen molar-refractivity contribution in [2.45, 2.75) is 0 Å². The fraction of sp³-hybridized carbons (Fsp3) is 0. The molecule has 0 aliphatic carbocycles. The summed E-state index contributed by atoms with van der Waals surface area (Å²) in [4.78, 5) is 0. The van der Waals surface area contributed by atoms with Crippen LogP contribution < -0.4 is 4.57 Å². The maximum absolute atomic E-state index is 9.75. The normalized spacial score (nSPS) is 9.85. The number of nitrogens with zero attached hydrogens (tertiary/aromatic N) is 1. The van der Waals surface area contributed by atoms with Crippen LogP contribution in [-0.2, 0) is 0 Å². The average Bonchev–Trinajstić information content (AvgIpc) is 2.03. The predicted octanol–water partition coefficient (Wildman–Crippen LogP) is 2.37. The summed E-state index contributed by atoms with van der Waals surface area (Å²) in [5.41, 5.74) is 0. The van der Waals surface area contributed by atoms with E-state index in [2.05, 4.69) is 6.58 Å². The highest BCUT2D eigenvalue weighted by Gasteiger charge is 2.20. The van der Waals surface area contributed by atoms with E-state index in [4.69, 9.17) is 0 Å². The molecule has 1 nitrogen and oxygen atoms in total. The topological polar surface area (TPSA) is 3.88 Å². The highest BCUT2D eigenvalue weighted by atomic mass is 19.5. The van der Waals surface area contributed by atoms with Gasteiger partial charge in [0.1, 0.15) is 0 Å². The Labute approximate surface area is 73.4 Å². The zero-order valence-electron chi connectivity index (χ0n) is 6.71. The van der Waals surface area contributed by atoms with Gasteiger partial charge in [-0.15, -0.1) is 0 Å². The Kier molecular flexibility index (Phi) is 4.80. The third-order valence-corrected chi connectivity index (χ3v) is 0.949. The number of aromatic nitrogens is 1. The number of hydrogen-bond donors (Lipinski definition) is 0. The van der Waals surface area contributed by atoms with Crippen LogP contribution in [0.15, 0.2) is 37.2 Å². The molecule has 0 saturated heterocycles. The Balaban J connectivity index is 0.000000252. The van der Waals surface area contributed by atoms with Crippen molar-refractivity contribution < 1.29 is 21.8 Å². The molecule has 0 spiro atoms. The fourth-order valence-corrected chi connectivity index (χ4v) is 0.534. The van der Waals surface area contributed by atoms with Crippen LogP contribution in [0.25, 0.3) is 6.20 Å². The summed E-state index contributed by atoms with van der Waals surface area (Å²) in [6.07, 6.45) is 5.62. The maximum Gasteiger partial charge on any atom is 0.673 e. The smallest absolute Gasteiger partial charge is 0.418 e. The summed E-state index contributed by atoms with van der Waals surface area (Å²) in [5.74, 6) is 0. The van der Waals surface area contributed by atoms with Crippen LogP contribution in [0.5, 0.6) is 0 Å². The van der Waals surface area contributed by atoms with Crippen LogP contribution in [0, 0.1) is 0 Å². The van der Waals surface area contributed by atoms with Crippen LogP contribution in [0.2, 0.25) is 0 Å². The van der Waals surface area contributed by atoms with Gasteiger partial charge in [-0.3, -0.25) is 0 Å². The van der Waals surface area contributed by atoms with E-state index in [1.807, 2.05) is 35.2 Å². The molecule has 1 aromatic heterocycles. The average molecular weight is 193 g/mol. The molecule has 0 aliphatic rings. The first-order chi connectivity index (χ1) is 5.93. The monoisotopic (exact) mass is 193 g/mol. The van der Waals surface area contributed by atoms with E-state index in [0.717, 1.165) is 0 Å². The van der Waals surface area contributed by atoms with Gasteiger partial charge in [0.15, 0.2) is 18.6 Å². The minimum Gasteiger partial charge on any atom is -0.418 e. The van der Waals surface area contributed by atoms with E-state index < -0.39 is 7.25 Å². The molecule has 1 rings (SSSR count). The van der Waals surface area contributed by atoms with Crippen molar-refractivity contribution in [1.29, 1.82) is 0 Å². The predicted molar refractivity (Wildman–Crippen MR) is 43.2 cm³/mol. The van der Waals surface area contributed by atoms with Crippen molar-refractivity contribution in [3.05, 3.63) is 37.2 Å². The van der Waals surface area contributed by atoms with Gasteiger partial charge in [0.05, 0.1) is 0 Å². The Morgan fingerprint density at radius 1 is 1.00 bits per heavy atom. The summed E-state index contributed by atoms with van der Waals surface area (Å²) in [6, 6.07) is 5.89. The first-order valence-electron chi connectivity index (χ1n) is 3.39. The summed E-state index contributed by atoms with van der Waals surface area (Å²) < 4.78 is 40.9. The van der Waals surface area contributed by atoms with Gasteiger partial charge in [0, 0.05) is 12.1 Å². The van der Waals surface area contributed by atoms with Gasteiger partial charge in [-0.05, 0) is 6.58 Å². The first-order valence-corrected chi connectivity index (χ1v) is 3.39. The minimum atomic E-state index is -6.00. The Morgan fingerprint density at radius 2 is 1.38 bits per heavy atom. The summed E-state index contributed by atoms with van der Waals surface area (Å²) >= 11 is 0. The summed E-state index contributed by atoms with van der Waals surface area (Å²) in [7, 11) is -6.00. The Bertz CT molecular complexity index is 240. The molecule has 1 aromatic rings. The molecule has 0 unspecified atom stereocenters. The molecule has 6 heteroatoms. The van der Waals surface area contributed by atoms with Crippen molar-refractivity contribution in [3.8, 4) is 0 Å². The van der Waals surface area contributed by atoms with Crippen molar-refractivity contribution in [1.82, 2.24) is 0 Å². The maximum atomic E-state index is 9.75. The second-order valence-corrected chi connectivity index (χ2v) is 2.00. The first kappa shape index (κ1) is 11.7. The van der Waals surface area contributed by atoms with Crippen LogP contribution in [-0.4, -0.2) is 7.25 Å². The van der Waals surface area contributed by atoms with Crippen LogP contribution in [0.4, 0.5) is 17.3 Å². The molecular formula is C7H8BF4N. The Morgan fingerprint density at radius 3 is 1.62 bits per heavy atom. The molecule has 0 aromatic carbocycles. The lowest BCUT2D eigenvalue weighted by Gasteiger charge is -1.94. The highest BCUT2D eigenvalue weighted by molar-refractivity contribution is 6.50. The zero-order chi connectivity index (χ0) is 10.3. The fourth-order valence-electron chi connectivity index (χ4n) is 0.534. The SMILES string of the molecule is C=C[n+]1ccccc1.F[B-](F)(F)F. The number of rotatable bonds is 1. The van der Waals surface area contributed by atoms with Gasteiger partial charge in [-0.25, -0.2) is 0 Å². The van der Waals surface area contributed by atoms with Gasteiger partial charge in [0.2, 0.25) is 0 Å². The highest BCUT2D eigenvalue weighted by Crippen LogP contribution is 2.06. The van der Waals surface area contributed by atoms with Crippen molar-refractivity contribution in [2.75, 3.05) is 0 Å². The third kappa shape index (κ3) is 10.7. The minimum absolute atomic E-state index is 1.75. The zero-order valence-corrected chi connectivity index (χ0v) is 6.71. The van der Waals surface area contributed by atoms with Crippen molar-refractivity contribution in [2.24, 2.45) is 0 Å². The Hall–Kier alpha value is -1.33. The molecule has 0 radical (unpaired) electrons. The van der Waals surface area contributed by atoms with Crippen molar-refractivity contribution in [3.63, 3.8) is 0 Å². The molecule has 0 saturated carbocycles. The lowest BCUT2D eigenvalue weighted by molar-refractivity contribution is -0.567. The summed E-state index contributed by atoms with van der Waals surface area (Å²) in [6.45, 7) is 3.59. The number of hydrogen-bond acceptors (Lipinski definition) is 0. The van der Waals surface area contributed by atoms with Gasteiger partial charge in [0.25, 0.3) is 0 Å². The van der Waals surface area contributed by atoms with Gasteiger partial charge in [-0.1, -0.05) is 6.07 Å².